The van der Waals surface area contributed by atoms with E-state index in [4.69, 9.17) is 21.7 Å². The number of nitrogens with two attached hydrogens (primary N) is 2. The molecule has 4 heteroatoms. The van der Waals surface area contributed by atoms with Gasteiger partial charge in [0.2, 0.25) is 0 Å². The van der Waals surface area contributed by atoms with Gasteiger partial charge in [-0.2, -0.15) is 0 Å². The van der Waals surface area contributed by atoms with Crippen molar-refractivity contribution in [2.75, 3.05) is 0 Å². The van der Waals surface area contributed by atoms with Crippen LogP contribution >= 0.6 is 0 Å². The molecule has 1 aliphatic carbocycles. The van der Waals surface area contributed by atoms with Crippen LogP contribution in [0.2, 0.25) is 0 Å². The fourth-order valence-electron chi connectivity index (χ4n) is 2.40. The Balaban J connectivity index is -0.0000000607. The minimum absolute atomic E-state index is 0.641. The fourth-order valence-corrected chi connectivity index (χ4v) is 2.40. The number of carbonyl (C=O) groups is 1. The molecule has 0 saturated carbocycles. The van der Waals surface area contributed by atoms with Gasteiger partial charge in [-0.3, -0.25) is 0 Å². The second kappa shape index (κ2) is 62.8. The maximum Gasteiger partial charge on any atom is 0.116 e. The van der Waals surface area contributed by atoms with E-state index in [2.05, 4.69) is 97.7 Å². The van der Waals surface area contributed by atoms with Gasteiger partial charge in [-0.25, -0.2) is 0 Å². The van der Waals surface area contributed by atoms with Gasteiger partial charge in [-0.15, -0.1) is 13.2 Å². The van der Waals surface area contributed by atoms with Gasteiger partial charge in [0.1, 0.15) is 6.29 Å². The van der Waals surface area contributed by atoms with Crippen LogP contribution in [-0.4, -0.2) is 13.0 Å². The monoisotopic (exact) mass is 736 g/mol. The molecule has 0 aliphatic heterocycles. The first kappa shape index (κ1) is 70.3. The van der Waals surface area contributed by atoms with E-state index in [1.165, 1.54) is 45.9 Å². The second-order valence-corrected chi connectivity index (χ2v) is 11.3. The Bertz CT molecular complexity index is 1130. The Morgan fingerprint density at radius 3 is 1.40 bits per heavy atom. The number of hydrogen-bond acceptors (Lipinski definition) is 4. The smallest absolute Gasteiger partial charge is 0.116 e. The second-order valence-electron chi connectivity index (χ2n) is 11.3. The largest absolute Gasteiger partial charge is 0.403 e. The molecule has 4 nitrogen and oxygen atoms in total. The third-order valence-corrected chi connectivity index (χ3v) is 4.81. The van der Waals surface area contributed by atoms with Crippen LogP contribution in [0.1, 0.15) is 142 Å². The number of aldehydes is 1. The molecule has 306 valence electrons. The van der Waals surface area contributed by atoms with Gasteiger partial charge in [0.25, 0.3) is 0 Å². The molecule has 1 aromatic carbocycles. The third kappa shape index (κ3) is 99.1. The van der Waals surface area contributed by atoms with Gasteiger partial charge < -0.3 is 21.7 Å². The van der Waals surface area contributed by atoms with Crippen LogP contribution in [0.15, 0.2) is 144 Å². The van der Waals surface area contributed by atoms with Crippen molar-refractivity contribution in [3.8, 4) is 0 Å². The molecule has 0 fully saturated rings. The van der Waals surface area contributed by atoms with Gasteiger partial charge in [-0.05, 0) is 132 Å². The van der Waals surface area contributed by atoms with Crippen LogP contribution in [-0.2, 0) is 11.3 Å². The summed E-state index contributed by atoms with van der Waals surface area (Å²) in [5.74, 6) is 0. The van der Waals surface area contributed by atoms with Crippen molar-refractivity contribution in [2.45, 2.75) is 144 Å². The Hall–Kier alpha value is -4.28. The van der Waals surface area contributed by atoms with Crippen molar-refractivity contribution in [3.05, 3.63) is 156 Å². The summed E-state index contributed by atoms with van der Waals surface area (Å²) in [5, 5.41) is 5.50. The maximum absolute atomic E-state index is 8.81. The van der Waals surface area contributed by atoms with Crippen molar-refractivity contribution in [1.29, 1.82) is 5.41 Å². The molecule has 0 spiro atoms. The van der Waals surface area contributed by atoms with Crippen molar-refractivity contribution in [3.63, 3.8) is 0 Å². The molecule has 1 aromatic rings. The standard InChI is InChI=1S/C11H16.C8H11N.C8H12.3C4H8.C3H7N.C2H4O.2C2H6.CH3N/c1-4-11-7-5-6-9(2)10(3)8-11;1-7-3-2-4-8(5-7)6-9;1-5-6-8(4)7(2)3;2*1-4(2)3;1-3-4-2;1-3(2)4;1-2-3;3*1-2/h5,7-8H,4,6H2,1-3H3;2-5H,6,9H2,1H3;5-6H,2,4H2,1,3H3;2*1H2,2-3H3;3-4H,1-2H3;1,4H2,2H3;2H,1H3;2*1-2H3;2H,1H2/b;;6-5-;;;4-3-;;;;;. The Labute approximate surface area is 333 Å². The number of nitrogens with one attached hydrogen (secondary N) is 1. The van der Waals surface area contributed by atoms with E-state index < -0.39 is 0 Å². The van der Waals surface area contributed by atoms with E-state index in [0.29, 0.717) is 12.2 Å². The van der Waals surface area contributed by atoms with Gasteiger partial charge in [-0.1, -0.05) is 155 Å². The summed E-state index contributed by atoms with van der Waals surface area (Å²) in [5.41, 5.74) is 22.2. The molecule has 2 rings (SSSR count). The summed E-state index contributed by atoms with van der Waals surface area (Å²) in [6.07, 6.45) is 17.7. The molecule has 0 saturated heterocycles. The molecule has 1 aliphatic rings. The summed E-state index contributed by atoms with van der Waals surface area (Å²) in [6, 6.07) is 8.23. The first-order valence-electron chi connectivity index (χ1n) is 18.5. The molecular formula is C49H89N3O. The number of benzene rings is 1. The Morgan fingerprint density at radius 1 is 0.792 bits per heavy atom. The quantitative estimate of drug-likeness (QED) is 0.124. The number of aryl methyl sites for hydroxylation is 1. The fraction of sp³-hybridized carbons (Fsp3) is 0.429. The van der Waals surface area contributed by atoms with E-state index in [-0.39, 0.29) is 0 Å². The highest BCUT2D eigenvalue weighted by Gasteiger charge is 1.98. The lowest BCUT2D eigenvalue weighted by atomic mass is 10.1. The van der Waals surface area contributed by atoms with Crippen LogP contribution in [0.25, 0.3) is 0 Å². The van der Waals surface area contributed by atoms with E-state index in [1.807, 2.05) is 120 Å². The van der Waals surface area contributed by atoms with Crippen LogP contribution in [0.3, 0.4) is 0 Å². The number of rotatable bonds is 4. The SMILES string of the molecule is C/C=C\C.C=C(C)C.C=C(C)C.C=C(C)C(=C)/C=C\C.C=C(C)N.C=N.CC.CC.CC=O.CCC1=CC(C)=C(C)CC=C1.Cc1cccc(CN)c1. The highest BCUT2D eigenvalue weighted by atomic mass is 16.1. The maximum atomic E-state index is 8.81. The highest BCUT2D eigenvalue weighted by Crippen LogP contribution is 2.18. The lowest BCUT2D eigenvalue weighted by Gasteiger charge is -1.98. The van der Waals surface area contributed by atoms with Gasteiger partial charge in [0, 0.05) is 6.54 Å². The predicted octanol–water partition coefficient (Wildman–Crippen LogP) is 15.5. The van der Waals surface area contributed by atoms with Crippen molar-refractivity contribution < 1.29 is 4.79 Å². The molecule has 0 atom stereocenters. The van der Waals surface area contributed by atoms with E-state index >= 15 is 0 Å². The summed E-state index contributed by atoms with van der Waals surface area (Å²) in [7, 11) is 0. The average molecular weight is 736 g/mol. The Morgan fingerprint density at radius 2 is 1.17 bits per heavy atom. The first-order chi connectivity index (χ1) is 24.8. The van der Waals surface area contributed by atoms with Crippen molar-refractivity contribution in [2.24, 2.45) is 11.5 Å². The highest BCUT2D eigenvalue weighted by molar-refractivity contribution is 5.44. The van der Waals surface area contributed by atoms with Crippen LogP contribution in [0, 0.1) is 12.3 Å². The van der Waals surface area contributed by atoms with Crippen molar-refractivity contribution in [1.82, 2.24) is 0 Å². The minimum atomic E-state index is 0.641. The van der Waals surface area contributed by atoms with Gasteiger partial charge >= 0.3 is 0 Å². The molecule has 0 unspecified atom stereocenters. The predicted molar refractivity (Wildman–Crippen MR) is 253 cm³/mol. The molecule has 0 heterocycles. The van der Waals surface area contributed by atoms with E-state index in [1.54, 1.807) is 6.92 Å². The summed E-state index contributed by atoms with van der Waals surface area (Å²) in [4.78, 5) is 8.81. The first-order valence-corrected chi connectivity index (χ1v) is 18.5. The molecule has 0 radical (unpaired) electrons. The lowest BCUT2D eigenvalue weighted by Crippen LogP contribution is -1.95. The summed E-state index contributed by atoms with van der Waals surface area (Å²) in [6.45, 7) is 56.7. The molecule has 53 heavy (non-hydrogen) atoms. The number of hydrogen-bond donors (Lipinski definition) is 3. The van der Waals surface area contributed by atoms with E-state index in [9.17, 15) is 0 Å². The number of allylic oxidation sites excluding steroid dienone is 15. The summed E-state index contributed by atoms with van der Waals surface area (Å²) < 4.78 is 0. The van der Waals surface area contributed by atoms with Crippen LogP contribution < -0.4 is 11.5 Å². The van der Waals surface area contributed by atoms with Crippen LogP contribution in [0.5, 0.6) is 0 Å². The summed E-state index contributed by atoms with van der Waals surface area (Å²) >= 11 is 0. The average Bonchev–Trinajstić information content (AvgIpc) is 3.27. The third-order valence-electron chi connectivity index (χ3n) is 4.81. The van der Waals surface area contributed by atoms with Crippen LogP contribution in [0.4, 0.5) is 0 Å². The minimum Gasteiger partial charge on any atom is -0.403 e. The Kier molecular flexibility index (Phi) is 83.3. The van der Waals surface area contributed by atoms with E-state index in [0.717, 1.165) is 30.3 Å². The molecular weight excluding hydrogens is 647 g/mol. The molecule has 0 bridgehead atoms. The van der Waals surface area contributed by atoms with Crippen molar-refractivity contribution >= 4 is 13.0 Å². The zero-order valence-electron chi connectivity index (χ0n) is 38.4. The molecule has 0 aromatic heterocycles. The normalized spacial score (nSPS) is 9.60. The lowest BCUT2D eigenvalue weighted by molar-refractivity contribution is -0.106. The van der Waals surface area contributed by atoms with Gasteiger partial charge in [0.05, 0.1) is 0 Å². The van der Waals surface area contributed by atoms with Gasteiger partial charge in [0.15, 0.2) is 0 Å². The molecule has 5 N–H and O–H groups in total. The topological polar surface area (TPSA) is 93.0 Å². The number of carbonyl (C=O) groups excluding carboxylic acids is 1. The zero-order valence-corrected chi connectivity index (χ0v) is 38.4. The zero-order chi connectivity index (χ0) is 44.4. The molecule has 0 amide bonds.